The second-order valence-electron chi connectivity index (χ2n) is 20.3. The molecule has 2 aromatic rings. The third-order valence-electron chi connectivity index (χ3n) is 15.1. The Bertz CT molecular complexity index is 2170. The minimum Gasteiger partial charge on any atom is -0.456 e. The van der Waals surface area contributed by atoms with Gasteiger partial charge < -0.3 is 53.8 Å². The first-order chi connectivity index (χ1) is 32.9. The highest BCUT2D eigenvalue weighted by Crippen LogP contribution is 2.39. The standard InChI is InChI=1S/C53H77N3O13/c1-10-36-22-30(2)21-31(3)23-45(65-8)49-46(66-9)25-33(5)53(63,69-49)50(60)51(61)56-20-12-11-13-40(56)52(62)68-48(34(6)41(57)28-42(36)58)32(4)24-35-14-17-43(44(26-35)64-7)67-29-47(59)55-38-15-16-39-37(27-38)18-19-54-39/h15-16,18-19,22,24,27,31,33-36,40-41,43-46,48-49,54,57,63H,10-14,17,20-21,23,25-26,28-29H2,1-9H3,(H,55,59). The number of hydrogen-bond acceptors (Lipinski definition) is 13. The fraction of sp³-hybridized carbons (Fsp3) is 0.679. The molecule has 4 N–H and O–H groups in total. The molecule has 69 heavy (non-hydrogen) atoms. The molecule has 1 aromatic carbocycles. The zero-order valence-electron chi connectivity index (χ0n) is 42.1. The number of Topliss-reactive ketones (excluding diaryl/α,β-unsaturated/α-hetero) is 2. The normalized spacial score (nSPS) is 35.2. The number of aromatic nitrogens is 1. The highest BCUT2D eigenvalue weighted by molar-refractivity contribution is 6.39. The number of fused-ring (bicyclic) bond motifs is 4. The van der Waals surface area contributed by atoms with Gasteiger partial charge in [0.15, 0.2) is 0 Å². The number of aliphatic hydroxyl groups is 2. The fourth-order valence-electron chi connectivity index (χ4n) is 11.1. The van der Waals surface area contributed by atoms with Crippen molar-refractivity contribution in [2.24, 2.45) is 29.6 Å². The second-order valence-corrected chi connectivity index (χ2v) is 20.3. The predicted octanol–water partition coefficient (Wildman–Crippen LogP) is 6.62. The molecule has 16 heteroatoms. The van der Waals surface area contributed by atoms with Crippen LogP contribution in [0.25, 0.3) is 10.9 Å². The summed E-state index contributed by atoms with van der Waals surface area (Å²) < 4.78 is 36.5. The molecule has 382 valence electrons. The second kappa shape index (κ2) is 24.2. The van der Waals surface area contributed by atoms with Crippen molar-refractivity contribution in [3.8, 4) is 0 Å². The summed E-state index contributed by atoms with van der Waals surface area (Å²) in [5.74, 6) is -8.05. The molecule has 14 unspecified atom stereocenters. The number of anilines is 1. The highest BCUT2D eigenvalue weighted by Gasteiger charge is 2.56. The van der Waals surface area contributed by atoms with Gasteiger partial charge in [-0.2, -0.15) is 0 Å². The third-order valence-corrected chi connectivity index (χ3v) is 15.1. The fourth-order valence-corrected chi connectivity index (χ4v) is 11.1. The van der Waals surface area contributed by atoms with Crippen LogP contribution in [-0.2, 0) is 52.4 Å². The van der Waals surface area contributed by atoms with Gasteiger partial charge in [-0.25, -0.2) is 4.79 Å². The number of hydrogen-bond donors (Lipinski definition) is 4. The minimum atomic E-state index is -2.53. The predicted molar refractivity (Wildman–Crippen MR) is 259 cm³/mol. The van der Waals surface area contributed by atoms with E-state index in [1.807, 2.05) is 70.3 Å². The van der Waals surface area contributed by atoms with Crippen molar-refractivity contribution in [2.75, 3.05) is 39.8 Å². The van der Waals surface area contributed by atoms with E-state index in [4.69, 9.17) is 28.4 Å². The van der Waals surface area contributed by atoms with Crippen LogP contribution < -0.4 is 5.32 Å². The van der Waals surface area contributed by atoms with E-state index >= 15 is 0 Å². The molecule has 2 bridgehead atoms. The lowest BCUT2D eigenvalue weighted by molar-refractivity contribution is -0.302. The number of nitrogens with zero attached hydrogens (tertiary/aromatic N) is 1. The van der Waals surface area contributed by atoms with E-state index in [9.17, 15) is 34.2 Å². The molecule has 4 aliphatic rings. The molecule has 4 heterocycles. The van der Waals surface area contributed by atoms with Gasteiger partial charge in [-0.15, -0.1) is 0 Å². The number of benzene rings is 1. The number of allylic oxidation sites excluding steroid dienone is 3. The number of cyclic esters (lactones) is 1. The van der Waals surface area contributed by atoms with E-state index < -0.39 is 77.8 Å². The SMILES string of the molecule is CCC1C=C(C)CC(C)CC(OC)C2OC(O)(C(=O)C(=O)N3CCCCC3C(=O)OC(C(C)=CC3CCC(OCC(=O)Nc4ccc5[nH]ccc5c4)C(OC)C3)C(C)C(O)CC1=O)C(C)CC2OC. The molecular weight excluding hydrogens is 887 g/mol. The van der Waals surface area contributed by atoms with Crippen molar-refractivity contribution in [1.82, 2.24) is 9.88 Å². The Morgan fingerprint density at radius 1 is 0.942 bits per heavy atom. The maximum Gasteiger partial charge on any atom is 0.329 e. The molecule has 1 aliphatic carbocycles. The van der Waals surface area contributed by atoms with E-state index in [-0.39, 0.29) is 68.1 Å². The van der Waals surface area contributed by atoms with Crippen LogP contribution >= 0.6 is 0 Å². The maximum atomic E-state index is 14.5. The van der Waals surface area contributed by atoms with Gasteiger partial charge in [0.25, 0.3) is 11.7 Å². The maximum absolute atomic E-state index is 14.5. The zero-order chi connectivity index (χ0) is 50.2. The Morgan fingerprint density at radius 3 is 2.38 bits per heavy atom. The monoisotopic (exact) mass is 964 g/mol. The summed E-state index contributed by atoms with van der Waals surface area (Å²) in [5, 5.41) is 27.9. The quantitative estimate of drug-likeness (QED) is 0.112. The van der Waals surface area contributed by atoms with Crippen LogP contribution in [0.3, 0.4) is 0 Å². The number of carbonyl (C=O) groups excluding carboxylic acids is 5. The van der Waals surface area contributed by atoms with Gasteiger partial charge in [-0.05, 0) is 120 Å². The van der Waals surface area contributed by atoms with Gasteiger partial charge in [0.05, 0.1) is 30.5 Å². The van der Waals surface area contributed by atoms with Crippen LogP contribution in [0.1, 0.15) is 112 Å². The number of esters is 1. The van der Waals surface area contributed by atoms with Crippen molar-refractivity contribution in [3.63, 3.8) is 0 Å². The summed E-state index contributed by atoms with van der Waals surface area (Å²) in [4.78, 5) is 74.6. The smallest absolute Gasteiger partial charge is 0.329 e. The first kappa shape index (κ1) is 54.1. The molecule has 0 radical (unpaired) electrons. The first-order valence-electron chi connectivity index (χ1n) is 25.0. The Labute approximate surface area is 407 Å². The summed E-state index contributed by atoms with van der Waals surface area (Å²) in [6, 6.07) is 6.38. The first-order valence-corrected chi connectivity index (χ1v) is 25.0. The Hall–Kier alpha value is -4.29. The molecule has 6 rings (SSSR count). The number of ether oxygens (including phenoxy) is 6. The minimum absolute atomic E-state index is 0.0160. The number of nitrogens with one attached hydrogen (secondary N) is 2. The highest BCUT2D eigenvalue weighted by atomic mass is 16.7. The Kier molecular flexibility index (Phi) is 19.0. The summed E-state index contributed by atoms with van der Waals surface area (Å²) in [6.07, 6.45) is 5.51. The van der Waals surface area contributed by atoms with E-state index in [1.165, 1.54) is 19.1 Å². The van der Waals surface area contributed by atoms with Gasteiger partial charge in [0, 0.05) is 74.8 Å². The van der Waals surface area contributed by atoms with Gasteiger partial charge >= 0.3 is 5.97 Å². The molecule has 16 nitrogen and oxygen atoms in total. The summed E-state index contributed by atoms with van der Waals surface area (Å²) in [5.41, 5.74) is 3.26. The number of H-pyrrole nitrogens is 1. The molecule has 2 saturated heterocycles. The molecule has 3 aliphatic heterocycles. The number of carbonyl (C=O) groups is 5. The lowest BCUT2D eigenvalue weighted by Crippen LogP contribution is -2.64. The van der Waals surface area contributed by atoms with Crippen LogP contribution in [0.5, 0.6) is 0 Å². The third kappa shape index (κ3) is 13.0. The lowest BCUT2D eigenvalue weighted by atomic mass is 9.81. The molecule has 1 saturated carbocycles. The van der Waals surface area contributed by atoms with Gasteiger partial charge in [-0.3, -0.25) is 19.2 Å². The van der Waals surface area contributed by atoms with Crippen molar-refractivity contribution in [1.29, 1.82) is 0 Å². The average Bonchev–Trinajstić information content (AvgIpc) is 3.81. The van der Waals surface area contributed by atoms with E-state index in [1.54, 1.807) is 21.0 Å². The van der Waals surface area contributed by atoms with E-state index in [0.717, 1.165) is 16.5 Å². The number of aromatic amines is 1. The number of methoxy groups -OCH3 is 3. The summed E-state index contributed by atoms with van der Waals surface area (Å²) in [7, 11) is 4.67. The van der Waals surface area contributed by atoms with Crippen LogP contribution in [0.2, 0.25) is 0 Å². The lowest BCUT2D eigenvalue weighted by Gasteiger charge is -2.47. The van der Waals surface area contributed by atoms with Crippen molar-refractivity contribution in [2.45, 2.75) is 167 Å². The van der Waals surface area contributed by atoms with Crippen molar-refractivity contribution in [3.05, 3.63) is 53.8 Å². The average molecular weight is 964 g/mol. The number of amides is 2. The van der Waals surface area contributed by atoms with Crippen LogP contribution in [0, 0.1) is 29.6 Å². The van der Waals surface area contributed by atoms with Crippen LogP contribution in [0.4, 0.5) is 5.69 Å². The van der Waals surface area contributed by atoms with Crippen molar-refractivity contribution >= 4 is 45.9 Å². The number of ketones is 2. The Balaban J connectivity index is 1.25. The topological polar surface area (TPSA) is 212 Å². The summed E-state index contributed by atoms with van der Waals surface area (Å²) >= 11 is 0. The number of aliphatic hydroxyl groups excluding tert-OH is 1. The van der Waals surface area contributed by atoms with Gasteiger partial charge in [0.2, 0.25) is 11.7 Å². The summed E-state index contributed by atoms with van der Waals surface area (Å²) in [6.45, 7) is 11.1. The number of rotatable bonds is 10. The number of piperidine rings is 1. The van der Waals surface area contributed by atoms with Gasteiger partial charge in [-0.1, -0.05) is 45.4 Å². The molecule has 0 spiro atoms. The van der Waals surface area contributed by atoms with E-state index in [2.05, 4.69) is 10.3 Å². The Morgan fingerprint density at radius 2 is 1.67 bits per heavy atom. The zero-order valence-corrected chi connectivity index (χ0v) is 42.1. The van der Waals surface area contributed by atoms with Crippen LogP contribution in [-0.4, -0.2) is 138 Å². The van der Waals surface area contributed by atoms with Crippen LogP contribution in [0.15, 0.2) is 53.8 Å². The van der Waals surface area contributed by atoms with Crippen molar-refractivity contribution < 1.29 is 62.6 Å². The van der Waals surface area contributed by atoms with E-state index in [0.29, 0.717) is 62.6 Å². The largest absolute Gasteiger partial charge is 0.456 e. The molecule has 2 amide bonds. The molecule has 3 fully saturated rings. The molecular formula is C53H77N3O13. The van der Waals surface area contributed by atoms with Gasteiger partial charge in [0.1, 0.15) is 30.6 Å². The molecule has 1 aromatic heterocycles. The molecule has 14 atom stereocenters.